The molecule has 0 radical (unpaired) electrons. The lowest BCUT2D eigenvalue weighted by Crippen LogP contribution is -2.11. The molecule has 3 nitrogen and oxygen atoms in total. The van der Waals surface area contributed by atoms with E-state index in [9.17, 15) is 4.79 Å². The van der Waals surface area contributed by atoms with Crippen LogP contribution in [0.3, 0.4) is 0 Å². The van der Waals surface area contributed by atoms with Gasteiger partial charge in [-0.25, -0.2) is 0 Å². The number of aromatic nitrogens is 1. The lowest BCUT2D eigenvalue weighted by atomic mass is 10.5. The van der Waals surface area contributed by atoms with Crippen molar-refractivity contribution in [2.24, 2.45) is 0 Å². The summed E-state index contributed by atoms with van der Waals surface area (Å²) in [6.45, 7) is 0.521. The number of hydrogen-bond donors (Lipinski definition) is 0. The van der Waals surface area contributed by atoms with Gasteiger partial charge in [-0.15, -0.1) is 0 Å². The standard InChI is InChI=1S/C6H6N2OS/c7-3-1-4-8-6(9)2-5-10-8/h2,5H,1,4H2. The second-order valence-corrected chi connectivity index (χ2v) is 2.68. The van der Waals surface area contributed by atoms with Gasteiger partial charge in [0, 0.05) is 18.0 Å². The van der Waals surface area contributed by atoms with Crippen LogP contribution in [-0.4, -0.2) is 3.96 Å². The molecule has 52 valence electrons. The van der Waals surface area contributed by atoms with Gasteiger partial charge in [-0.3, -0.25) is 8.75 Å². The number of aryl methyl sites for hydroxylation is 1. The average Bonchev–Trinajstić information content (AvgIpc) is 2.31. The largest absolute Gasteiger partial charge is 0.268 e. The van der Waals surface area contributed by atoms with Crippen LogP contribution in [0, 0.1) is 11.3 Å². The maximum absolute atomic E-state index is 10.8. The Bertz CT molecular complexity index is 293. The van der Waals surface area contributed by atoms with E-state index in [-0.39, 0.29) is 5.56 Å². The minimum absolute atomic E-state index is 0.0137. The van der Waals surface area contributed by atoms with Crippen molar-refractivity contribution in [1.29, 1.82) is 5.26 Å². The molecular weight excluding hydrogens is 148 g/mol. The second kappa shape index (κ2) is 3.18. The van der Waals surface area contributed by atoms with E-state index in [2.05, 4.69) is 0 Å². The molecule has 1 rings (SSSR count). The van der Waals surface area contributed by atoms with Crippen LogP contribution in [0.4, 0.5) is 0 Å². The number of rotatable bonds is 2. The molecule has 0 bridgehead atoms. The molecule has 0 fully saturated rings. The van der Waals surface area contributed by atoms with Crippen molar-refractivity contribution in [3.8, 4) is 6.07 Å². The number of hydrogen-bond acceptors (Lipinski definition) is 3. The normalized spacial score (nSPS) is 9.10. The second-order valence-electron chi connectivity index (χ2n) is 1.76. The van der Waals surface area contributed by atoms with Crippen molar-refractivity contribution in [2.75, 3.05) is 0 Å². The lowest BCUT2D eigenvalue weighted by Gasteiger charge is -1.90. The van der Waals surface area contributed by atoms with E-state index in [0.29, 0.717) is 13.0 Å². The van der Waals surface area contributed by atoms with E-state index in [0.717, 1.165) is 0 Å². The quantitative estimate of drug-likeness (QED) is 0.633. The van der Waals surface area contributed by atoms with Gasteiger partial charge in [0.05, 0.1) is 12.5 Å². The number of nitrogens with zero attached hydrogens (tertiary/aromatic N) is 2. The third kappa shape index (κ3) is 1.45. The van der Waals surface area contributed by atoms with E-state index < -0.39 is 0 Å². The summed E-state index contributed by atoms with van der Waals surface area (Å²) in [6.07, 6.45) is 0.403. The molecule has 0 saturated carbocycles. The molecule has 1 aromatic heterocycles. The Morgan fingerprint density at radius 1 is 1.80 bits per heavy atom. The van der Waals surface area contributed by atoms with Gasteiger partial charge in [0.25, 0.3) is 5.56 Å². The third-order valence-corrected chi connectivity index (χ3v) is 1.95. The third-order valence-electron chi connectivity index (χ3n) is 1.07. The highest BCUT2D eigenvalue weighted by Gasteiger charge is 1.93. The Hall–Kier alpha value is -1.08. The topological polar surface area (TPSA) is 45.8 Å². The molecule has 10 heavy (non-hydrogen) atoms. The maximum atomic E-state index is 10.8. The van der Waals surface area contributed by atoms with Gasteiger partial charge in [0.2, 0.25) is 0 Å². The first-order chi connectivity index (χ1) is 4.84. The first-order valence-electron chi connectivity index (χ1n) is 2.86. The molecule has 1 aromatic rings. The minimum atomic E-state index is -0.0137. The van der Waals surface area contributed by atoms with Crippen LogP contribution in [0.25, 0.3) is 0 Å². The predicted molar refractivity (Wildman–Crippen MR) is 38.8 cm³/mol. The van der Waals surface area contributed by atoms with Crippen LogP contribution in [-0.2, 0) is 6.54 Å². The average molecular weight is 154 g/mol. The van der Waals surface area contributed by atoms with Crippen molar-refractivity contribution < 1.29 is 0 Å². The number of nitriles is 1. The highest BCUT2D eigenvalue weighted by Crippen LogP contribution is 1.93. The van der Waals surface area contributed by atoms with Crippen LogP contribution in [0.5, 0.6) is 0 Å². The molecule has 0 N–H and O–H groups in total. The smallest absolute Gasteiger partial charge is 0.260 e. The van der Waals surface area contributed by atoms with E-state index in [4.69, 9.17) is 5.26 Å². The van der Waals surface area contributed by atoms with Gasteiger partial charge in [0.1, 0.15) is 0 Å². The highest BCUT2D eigenvalue weighted by molar-refractivity contribution is 7.04. The van der Waals surface area contributed by atoms with Crippen LogP contribution in [0.2, 0.25) is 0 Å². The van der Waals surface area contributed by atoms with Gasteiger partial charge in [-0.1, -0.05) is 11.5 Å². The molecule has 0 aliphatic rings. The molecule has 0 saturated heterocycles. The molecule has 0 unspecified atom stereocenters. The van der Waals surface area contributed by atoms with Crippen LogP contribution < -0.4 is 5.56 Å². The Labute approximate surface area is 62.3 Å². The lowest BCUT2D eigenvalue weighted by molar-refractivity contribution is 0.756. The van der Waals surface area contributed by atoms with Crippen LogP contribution in [0.15, 0.2) is 16.2 Å². The summed E-state index contributed by atoms with van der Waals surface area (Å²) in [5, 5.41) is 9.92. The summed E-state index contributed by atoms with van der Waals surface area (Å²) in [6, 6.07) is 3.48. The zero-order valence-corrected chi connectivity index (χ0v) is 6.10. The first kappa shape index (κ1) is 7.03. The molecule has 0 aromatic carbocycles. The van der Waals surface area contributed by atoms with Crippen molar-refractivity contribution in [2.45, 2.75) is 13.0 Å². The molecule has 1 heterocycles. The molecule has 0 aliphatic carbocycles. The van der Waals surface area contributed by atoms with Crippen molar-refractivity contribution >= 4 is 11.5 Å². The van der Waals surface area contributed by atoms with Crippen LogP contribution in [0.1, 0.15) is 6.42 Å². The fraction of sp³-hybridized carbons (Fsp3) is 0.333. The Morgan fingerprint density at radius 2 is 2.60 bits per heavy atom. The summed E-state index contributed by atoms with van der Waals surface area (Å²) in [5.74, 6) is 0. The van der Waals surface area contributed by atoms with Crippen LogP contribution >= 0.6 is 11.5 Å². The van der Waals surface area contributed by atoms with Gasteiger partial charge >= 0.3 is 0 Å². The summed E-state index contributed by atoms with van der Waals surface area (Å²) >= 11 is 1.34. The zero-order chi connectivity index (χ0) is 7.40. The van der Waals surface area contributed by atoms with Crippen molar-refractivity contribution in [3.05, 3.63) is 21.8 Å². The Morgan fingerprint density at radius 3 is 3.10 bits per heavy atom. The monoisotopic (exact) mass is 154 g/mol. The van der Waals surface area contributed by atoms with E-state index >= 15 is 0 Å². The fourth-order valence-electron chi connectivity index (χ4n) is 0.612. The predicted octanol–water partition coefficient (Wildman–Crippen LogP) is 0.823. The van der Waals surface area contributed by atoms with Gasteiger partial charge in [0.15, 0.2) is 0 Å². The molecule has 4 heteroatoms. The molecular formula is C6H6N2OS. The fourth-order valence-corrected chi connectivity index (χ4v) is 1.30. The Kier molecular flexibility index (Phi) is 2.24. The van der Waals surface area contributed by atoms with Gasteiger partial charge in [-0.2, -0.15) is 5.26 Å². The van der Waals surface area contributed by atoms with Gasteiger partial charge in [-0.05, 0) is 0 Å². The summed E-state index contributed by atoms with van der Waals surface area (Å²) < 4.78 is 1.56. The van der Waals surface area contributed by atoms with Crippen molar-refractivity contribution in [1.82, 2.24) is 3.96 Å². The van der Waals surface area contributed by atoms with E-state index in [1.807, 2.05) is 6.07 Å². The molecule has 0 aliphatic heterocycles. The molecule has 0 atom stereocenters. The van der Waals surface area contributed by atoms with Crippen molar-refractivity contribution in [3.63, 3.8) is 0 Å². The van der Waals surface area contributed by atoms with E-state index in [1.165, 1.54) is 17.6 Å². The zero-order valence-electron chi connectivity index (χ0n) is 5.28. The first-order valence-corrected chi connectivity index (χ1v) is 3.70. The summed E-state index contributed by atoms with van der Waals surface area (Å²) in [7, 11) is 0. The highest BCUT2D eigenvalue weighted by atomic mass is 32.1. The van der Waals surface area contributed by atoms with Gasteiger partial charge < -0.3 is 0 Å². The minimum Gasteiger partial charge on any atom is -0.268 e. The maximum Gasteiger partial charge on any atom is 0.260 e. The Balaban J connectivity index is 2.68. The summed E-state index contributed by atoms with van der Waals surface area (Å²) in [4.78, 5) is 10.8. The molecule has 0 amide bonds. The summed E-state index contributed by atoms with van der Waals surface area (Å²) in [5.41, 5.74) is -0.0137. The SMILES string of the molecule is N#CCCn1sccc1=O. The van der Waals surface area contributed by atoms with E-state index in [1.54, 1.807) is 9.34 Å². The molecule has 0 spiro atoms.